The third-order valence-corrected chi connectivity index (χ3v) is 10.0. The zero-order valence-electron chi connectivity index (χ0n) is 22.0. The van der Waals surface area contributed by atoms with Crippen molar-refractivity contribution in [3.05, 3.63) is 152 Å². The number of hydrogen-bond donors (Lipinski definition) is 0. The number of hydrogen-bond acceptors (Lipinski definition) is 1. The Morgan fingerprint density at radius 3 is 1.45 bits per heavy atom. The SMILES string of the molecule is C[C@H](Sc1ccc(Cl)cc1)[C]1[CH][CH][CH][C]1P(c1ccc(C(F)(F)F)cc1)c1ccc(C(F)(F)F)cc1.[CH]1[CH][CH][CH][CH]1.[Fe+2]. The molecule has 218 valence electrons. The Hall–Kier alpha value is -1.17. The largest absolute Gasteiger partial charge is 2.00 e. The number of thioether (sulfide) groups is 1. The van der Waals surface area contributed by atoms with Gasteiger partial charge in [-0.15, -0.1) is 11.8 Å². The second-order valence-corrected chi connectivity index (χ2v) is 13.0. The van der Waals surface area contributed by atoms with Crippen molar-refractivity contribution in [1.29, 1.82) is 0 Å². The van der Waals surface area contributed by atoms with Crippen LogP contribution in [-0.2, 0) is 29.4 Å². The molecule has 5 rings (SSSR count). The van der Waals surface area contributed by atoms with Gasteiger partial charge < -0.3 is 0 Å². The van der Waals surface area contributed by atoms with Gasteiger partial charge in [-0.1, -0.05) is 42.8 Å². The van der Waals surface area contributed by atoms with Gasteiger partial charge in [0.25, 0.3) is 0 Å². The Morgan fingerprint density at radius 2 is 1.05 bits per heavy atom. The van der Waals surface area contributed by atoms with Gasteiger partial charge in [-0.3, -0.25) is 0 Å². The normalized spacial score (nSPS) is 17.1. The maximum atomic E-state index is 13.2. The number of halogens is 7. The zero-order chi connectivity index (χ0) is 29.6. The molecule has 10 radical (unpaired) electrons. The topological polar surface area (TPSA) is 0 Å². The third-order valence-electron chi connectivity index (χ3n) is 6.09. The summed E-state index contributed by atoms with van der Waals surface area (Å²) < 4.78 is 79.0. The standard InChI is InChI=1S/C27H19ClF6PS.C5H5.Fe/c1-17(36-23-15-9-20(28)10-16-23)24-3-2-4-25(24)35(21-11-5-18(6-12-21)26(29,30)31)22-13-7-19(8-14-22)27(32,33)34;1-2-4-5-3-1;/h2-17H,1H3;1-5H;/q;;+2/t17-;;/m0../s1. The van der Waals surface area contributed by atoms with Gasteiger partial charge in [-0.25, -0.2) is 0 Å². The van der Waals surface area contributed by atoms with Crippen LogP contribution in [0.1, 0.15) is 18.1 Å². The Kier molecular flexibility index (Phi) is 13.2. The Labute approximate surface area is 265 Å². The van der Waals surface area contributed by atoms with Crippen molar-refractivity contribution in [2.45, 2.75) is 29.4 Å². The number of alkyl halides is 6. The Bertz CT molecular complexity index is 1160. The molecule has 3 aromatic carbocycles. The molecule has 2 fully saturated rings. The van der Waals surface area contributed by atoms with E-state index in [4.69, 9.17) is 11.6 Å². The molecule has 0 nitrogen and oxygen atoms in total. The third kappa shape index (κ3) is 9.66. The number of benzene rings is 3. The van der Waals surface area contributed by atoms with Crippen LogP contribution >= 0.6 is 31.3 Å². The van der Waals surface area contributed by atoms with E-state index in [0.29, 0.717) is 15.6 Å². The van der Waals surface area contributed by atoms with Crippen LogP contribution in [0.25, 0.3) is 0 Å². The van der Waals surface area contributed by atoms with Crippen molar-refractivity contribution >= 4 is 41.9 Å². The molecule has 0 bridgehead atoms. The zero-order valence-corrected chi connectivity index (χ0v) is 25.6. The van der Waals surface area contributed by atoms with E-state index < -0.39 is 31.4 Å². The van der Waals surface area contributed by atoms with Crippen LogP contribution in [0.15, 0.2) is 77.7 Å². The van der Waals surface area contributed by atoms with Crippen LogP contribution < -0.4 is 10.6 Å². The van der Waals surface area contributed by atoms with Crippen molar-refractivity contribution in [1.82, 2.24) is 0 Å². The maximum absolute atomic E-state index is 13.2. The van der Waals surface area contributed by atoms with E-state index in [1.807, 2.05) is 70.4 Å². The predicted molar refractivity (Wildman–Crippen MR) is 157 cm³/mol. The van der Waals surface area contributed by atoms with Gasteiger partial charge in [-0.2, -0.15) is 26.3 Å². The molecular weight excluding hydrogens is 653 g/mol. The first-order valence-corrected chi connectivity index (χ1v) is 15.0. The minimum absolute atomic E-state index is 0. The molecule has 0 spiro atoms. The van der Waals surface area contributed by atoms with Gasteiger partial charge in [0, 0.05) is 26.7 Å². The second kappa shape index (κ2) is 15.7. The second-order valence-electron chi connectivity index (χ2n) is 8.97. The van der Waals surface area contributed by atoms with Gasteiger partial charge in [0.1, 0.15) is 0 Å². The van der Waals surface area contributed by atoms with E-state index in [2.05, 4.69) is 0 Å². The van der Waals surface area contributed by atoms with Gasteiger partial charge in [0.2, 0.25) is 0 Å². The van der Waals surface area contributed by atoms with Gasteiger partial charge in [0.05, 0.1) is 11.1 Å². The summed E-state index contributed by atoms with van der Waals surface area (Å²) in [7, 11) is -1.41. The summed E-state index contributed by atoms with van der Waals surface area (Å²) in [5, 5.41) is 1.84. The monoisotopic (exact) mass is 676 g/mol. The van der Waals surface area contributed by atoms with E-state index in [1.165, 1.54) is 24.3 Å². The molecule has 0 aliphatic heterocycles. The molecule has 2 saturated carbocycles. The minimum atomic E-state index is -4.48. The van der Waals surface area contributed by atoms with E-state index >= 15 is 0 Å². The van der Waals surface area contributed by atoms with Crippen LogP contribution in [0.2, 0.25) is 5.02 Å². The van der Waals surface area contributed by atoms with Crippen molar-refractivity contribution in [2.24, 2.45) is 0 Å². The number of rotatable bonds is 6. The van der Waals surface area contributed by atoms with Crippen molar-refractivity contribution < 1.29 is 43.4 Å². The molecule has 42 heavy (non-hydrogen) atoms. The van der Waals surface area contributed by atoms with Gasteiger partial charge in [0.15, 0.2) is 0 Å². The summed E-state index contributed by atoms with van der Waals surface area (Å²) in [4.78, 5) is 0.993. The van der Waals surface area contributed by atoms with E-state index in [9.17, 15) is 26.3 Å². The van der Waals surface area contributed by atoms with Crippen LogP contribution in [0.5, 0.6) is 0 Å². The van der Waals surface area contributed by atoms with Gasteiger partial charge >= 0.3 is 29.4 Å². The first-order valence-electron chi connectivity index (χ1n) is 12.4. The van der Waals surface area contributed by atoms with Gasteiger partial charge in [-0.05, 0) is 118 Å². The fourth-order valence-electron chi connectivity index (χ4n) is 4.10. The fraction of sp³-hybridized carbons (Fsp3) is 0.125. The maximum Gasteiger partial charge on any atom is 2.00 e. The molecule has 2 aliphatic rings. The molecule has 0 saturated heterocycles. The Balaban J connectivity index is 0.000000730. The molecule has 0 aromatic heterocycles. The summed E-state index contributed by atoms with van der Waals surface area (Å²) >= 11 is 7.58. The van der Waals surface area contributed by atoms with Crippen LogP contribution in [0.4, 0.5) is 26.3 Å². The van der Waals surface area contributed by atoms with Crippen molar-refractivity contribution in [2.75, 3.05) is 0 Å². The molecule has 0 heterocycles. The molecular formula is C32H24ClF6FePS+2. The first kappa shape index (κ1) is 35.3. The van der Waals surface area contributed by atoms with Crippen LogP contribution in [0.3, 0.4) is 0 Å². The molecule has 0 N–H and O–H groups in total. The molecule has 2 aliphatic carbocycles. The Morgan fingerprint density at radius 1 is 0.619 bits per heavy atom. The molecule has 0 unspecified atom stereocenters. The quantitative estimate of drug-likeness (QED) is 0.108. The summed E-state index contributed by atoms with van der Waals surface area (Å²) in [6.45, 7) is 2.02. The minimum Gasteiger partial charge on any atom is -0.166 e. The molecule has 1 atom stereocenters. The predicted octanol–water partition coefficient (Wildman–Crippen LogP) is 9.74. The van der Waals surface area contributed by atoms with E-state index in [0.717, 1.165) is 40.7 Å². The fourth-order valence-corrected chi connectivity index (χ4v) is 7.86. The average Bonchev–Trinajstić information content (AvgIpc) is 3.66. The smallest absolute Gasteiger partial charge is 0.166 e. The van der Waals surface area contributed by atoms with Crippen LogP contribution in [0, 0.1) is 62.9 Å². The van der Waals surface area contributed by atoms with Crippen molar-refractivity contribution in [3.63, 3.8) is 0 Å². The van der Waals surface area contributed by atoms with E-state index in [1.54, 1.807) is 23.9 Å². The summed E-state index contributed by atoms with van der Waals surface area (Å²) in [6, 6.07) is 17.1. The first-order chi connectivity index (χ1) is 19.4. The van der Waals surface area contributed by atoms with Crippen molar-refractivity contribution in [3.8, 4) is 0 Å². The average molecular weight is 677 g/mol. The molecule has 10 heteroatoms. The van der Waals surface area contributed by atoms with Crippen LogP contribution in [-0.4, -0.2) is 5.25 Å². The molecule has 0 amide bonds. The summed E-state index contributed by atoms with van der Waals surface area (Å²) in [5.74, 6) is 0.973. The summed E-state index contributed by atoms with van der Waals surface area (Å²) in [6.07, 6.45) is 6.75. The summed E-state index contributed by atoms with van der Waals surface area (Å²) in [5.41, 5.74) is -0.662. The van der Waals surface area contributed by atoms with E-state index in [-0.39, 0.29) is 22.3 Å². The molecule has 3 aromatic rings.